The Labute approximate surface area is 119 Å². The maximum absolute atomic E-state index is 10.5. The fourth-order valence-electron chi connectivity index (χ4n) is 2.59. The Morgan fingerprint density at radius 3 is 3.00 bits per heavy atom. The van der Waals surface area contributed by atoms with Gasteiger partial charge < -0.3 is 20.9 Å². The summed E-state index contributed by atoms with van der Waals surface area (Å²) in [7, 11) is 1.51. The zero-order chi connectivity index (χ0) is 15.0. The van der Waals surface area contributed by atoms with Crippen LogP contribution in [-0.2, 0) is 9.47 Å². The molecule has 4 N–H and O–H groups in total. The largest absolute Gasteiger partial charge is 0.382 e. The molecule has 0 radical (unpaired) electrons. The van der Waals surface area contributed by atoms with Crippen LogP contribution < -0.4 is 11.5 Å². The Hall–Kier alpha value is -2.17. The first-order valence-electron chi connectivity index (χ1n) is 6.33. The zero-order valence-electron chi connectivity index (χ0n) is 11.3. The molecule has 10 nitrogen and oxygen atoms in total. The number of anilines is 1. The van der Waals surface area contributed by atoms with Gasteiger partial charge >= 0.3 is 0 Å². The molecule has 3 heterocycles. The number of nitrogens with two attached hydrogens (primary N) is 2. The van der Waals surface area contributed by atoms with E-state index in [1.54, 1.807) is 4.57 Å². The van der Waals surface area contributed by atoms with Crippen LogP contribution in [0.2, 0.25) is 0 Å². The molecular weight excluding hydrogens is 278 g/mol. The van der Waals surface area contributed by atoms with Crippen LogP contribution in [0.15, 0.2) is 17.8 Å². The molecule has 1 fully saturated rings. The molecule has 112 valence electrons. The highest BCUT2D eigenvalue weighted by Crippen LogP contribution is 2.32. The molecule has 2 aromatic rings. The van der Waals surface area contributed by atoms with Crippen LogP contribution in [0.3, 0.4) is 0 Å². The Kier molecular flexibility index (Phi) is 3.49. The third-order valence-corrected chi connectivity index (χ3v) is 3.58. The second kappa shape index (κ2) is 5.31. The third-order valence-electron chi connectivity index (χ3n) is 3.58. The van der Waals surface area contributed by atoms with Crippen LogP contribution in [0.1, 0.15) is 6.23 Å². The lowest BCUT2D eigenvalue weighted by Gasteiger charge is -2.18. The minimum Gasteiger partial charge on any atom is -0.382 e. The molecule has 1 aliphatic heterocycles. The number of aromatic nitrogens is 4. The lowest BCUT2D eigenvalue weighted by Crippen LogP contribution is -2.41. The van der Waals surface area contributed by atoms with Crippen LogP contribution in [0, 0.1) is 4.91 Å². The number of nitrogen functional groups attached to an aromatic ring is 1. The third kappa shape index (κ3) is 2.13. The lowest BCUT2D eigenvalue weighted by atomic mass is 10.1. The number of hydrogen-bond donors (Lipinski definition) is 2. The molecule has 3 rings (SSSR count). The predicted molar refractivity (Wildman–Crippen MR) is 73.1 cm³/mol. The molecule has 4 atom stereocenters. The Morgan fingerprint density at radius 1 is 1.48 bits per heavy atom. The predicted octanol–water partition coefficient (Wildman–Crippen LogP) is -0.585. The van der Waals surface area contributed by atoms with Crippen LogP contribution in [0.4, 0.5) is 5.82 Å². The normalized spacial score (nSPS) is 29.0. The van der Waals surface area contributed by atoms with E-state index in [-0.39, 0.29) is 12.4 Å². The number of fused-ring (bicyclic) bond motifs is 1. The van der Waals surface area contributed by atoms with Crippen molar-refractivity contribution in [3.05, 3.63) is 17.6 Å². The number of rotatable bonds is 4. The first-order chi connectivity index (χ1) is 10.2. The van der Waals surface area contributed by atoms with E-state index in [4.69, 9.17) is 20.9 Å². The number of nitrogens with zero attached hydrogens (tertiary/aromatic N) is 5. The number of ether oxygens (including phenoxy) is 2. The highest BCUT2D eigenvalue weighted by molar-refractivity contribution is 5.81. The van der Waals surface area contributed by atoms with Crippen LogP contribution >= 0.6 is 0 Å². The number of methoxy groups -OCH3 is 1. The highest BCUT2D eigenvalue weighted by Gasteiger charge is 2.44. The highest BCUT2D eigenvalue weighted by atomic mass is 16.6. The van der Waals surface area contributed by atoms with E-state index >= 15 is 0 Å². The maximum atomic E-state index is 10.5. The summed E-state index contributed by atoms with van der Waals surface area (Å²) in [5, 5.41) is 2.86. The Morgan fingerprint density at radius 2 is 2.29 bits per heavy atom. The summed E-state index contributed by atoms with van der Waals surface area (Å²) >= 11 is 0. The number of nitroso groups, excluding NO2 is 1. The van der Waals surface area contributed by atoms with Gasteiger partial charge in [0.25, 0.3) is 0 Å². The van der Waals surface area contributed by atoms with E-state index in [0.717, 1.165) is 0 Å². The van der Waals surface area contributed by atoms with Crippen molar-refractivity contribution >= 4 is 17.0 Å². The van der Waals surface area contributed by atoms with Crippen molar-refractivity contribution in [2.45, 2.75) is 24.5 Å². The molecule has 0 saturated carbocycles. The monoisotopic (exact) mass is 293 g/mol. The summed E-state index contributed by atoms with van der Waals surface area (Å²) in [6.45, 7) is -0.0353. The molecule has 0 aliphatic carbocycles. The molecule has 21 heavy (non-hydrogen) atoms. The average Bonchev–Trinajstić information content (AvgIpc) is 3.02. The molecule has 10 heteroatoms. The summed E-state index contributed by atoms with van der Waals surface area (Å²) in [6, 6.07) is -0.490. The second-order valence-corrected chi connectivity index (χ2v) is 4.74. The van der Waals surface area contributed by atoms with Crippen molar-refractivity contribution in [3.63, 3.8) is 0 Å². The van der Waals surface area contributed by atoms with Crippen LogP contribution in [-0.4, -0.2) is 51.4 Å². The van der Waals surface area contributed by atoms with Crippen molar-refractivity contribution < 1.29 is 9.47 Å². The van der Waals surface area contributed by atoms with Crippen LogP contribution in [0.5, 0.6) is 0 Å². The van der Waals surface area contributed by atoms with E-state index in [2.05, 4.69) is 20.1 Å². The molecule has 0 spiro atoms. The first kappa shape index (κ1) is 13.8. The summed E-state index contributed by atoms with van der Waals surface area (Å²) in [4.78, 5) is 22.7. The summed E-state index contributed by atoms with van der Waals surface area (Å²) in [5.74, 6) is 0.278. The van der Waals surface area contributed by atoms with Crippen molar-refractivity contribution in [1.29, 1.82) is 0 Å². The van der Waals surface area contributed by atoms with Gasteiger partial charge in [0.1, 0.15) is 30.6 Å². The SMILES string of the molecule is COC1C(CN=O)OC(n2cnc3c(N)ncnc32)C1N. The topological polar surface area (TPSA) is 144 Å². The molecular formula is C11H15N7O3. The van der Waals surface area contributed by atoms with Crippen molar-refractivity contribution in [2.24, 2.45) is 10.9 Å². The lowest BCUT2D eigenvalue weighted by molar-refractivity contribution is -0.0207. The van der Waals surface area contributed by atoms with Crippen molar-refractivity contribution in [2.75, 3.05) is 19.4 Å². The van der Waals surface area contributed by atoms with Gasteiger partial charge in [-0.15, -0.1) is 0 Å². The van der Waals surface area contributed by atoms with Gasteiger partial charge in [-0.3, -0.25) is 4.57 Å². The fraction of sp³-hybridized carbons (Fsp3) is 0.545. The summed E-state index contributed by atoms with van der Waals surface area (Å²) < 4.78 is 12.8. The fourth-order valence-corrected chi connectivity index (χ4v) is 2.59. The van der Waals surface area contributed by atoms with Gasteiger partial charge in [0.05, 0.1) is 12.4 Å². The van der Waals surface area contributed by atoms with Gasteiger partial charge in [0, 0.05) is 7.11 Å². The quantitative estimate of drug-likeness (QED) is 0.712. The van der Waals surface area contributed by atoms with Gasteiger partial charge in [0.2, 0.25) is 0 Å². The Bertz CT molecular complexity index is 660. The van der Waals surface area contributed by atoms with E-state index in [0.29, 0.717) is 11.2 Å². The van der Waals surface area contributed by atoms with E-state index in [9.17, 15) is 4.91 Å². The van der Waals surface area contributed by atoms with Gasteiger partial charge in [0.15, 0.2) is 17.7 Å². The minimum absolute atomic E-state index is 0.0353. The number of imidazole rings is 1. The van der Waals surface area contributed by atoms with Gasteiger partial charge in [-0.2, -0.15) is 4.91 Å². The molecule has 2 aromatic heterocycles. The molecule has 1 aliphatic rings. The van der Waals surface area contributed by atoms with Crippen molar-refractivity contribution in [1.82, 2.24) is 19.5 Å². The molecule has 0 bridgehead atoms. The Balaban J connectivity index is 1.99. The molecule has 4 unspecified atom stereocenters. The van der Waals surface area contributed by atoms with Gasteiger partial charge in [-0.05, 0) is 0 Å². The second-order valence-electron chi connectivity index (χ2n) is 4.74. The van der Waals surface area contributed by atoms with E-state index in [1.165, 1.54) is 19.8 Å². The minimum atomic E-state index is -0.569. The van der Waals surface area contributed by atoms with Crippen molar-refractivity contribution in [3.8, 4) is 0 Å². The van der Waals surface area contributed by atoms with E-state index in [1.807, 2.05) is 0 Å². The van der Waals surface area contributed by atoms with Gasteiger partial charge in [-0.25, -0.2) is 15.0 Å². The van der Waals surface area contributed by atoms with E-state index < -0.39 is 24.5 Å². The smallest absolute Gasteiger partial charge is 0.167 e. The zero-order valence-corrected chi connectivity index (χ0v) is 11.3. The molecule has 1 saturated heterocycles. The standard InChI is InChI=1S/C11H15N7O3/c1-20-8-5(2-17-19)21-11(6(8)12)18-4-16-7-9(13)14-3-15-10(7)18/h3-6,8,11H,2,12H2,1H3,(H2,13,14,15). The van der Waals surface area contributed by atoms with Gasteiger partial charge in [-0.1, -0.05) is 5.18 Å². The maximum Gasteiger partial charge on any atom is 0.167 e. The molecule has 0 amide bonds. The summed E-state index contributed by atoms with van der Waals surface area (Å²) in [5.41, 5.74) is 12.9. The summed E-state index contributed by atoms with van der Waals surface area (Å²) in [6.07, 6.45) is 1.35. The first-order valence-corrected chi connectivity index (χ1v) is 6.33. The number of hydrogen-bond acceptors (Lipinski definition) is 9. The van der Waals surface area contributed by atoms with Crippen LogP contribution in [0.25, 0.3) is 11.2 Å². The molecule has 0 aromatic carbocycles. The average molecular weight is 293 g/mol.